The minimum absolute atomic E-state index is 0.0901. The standard InChI is InChI=1S/C17H23ClN2O2/c1-17(2,3)16(22)20-10-8-19(9-11-20)12-15(21)13-4-6-14(18)7-5-13/h4-7H,8-12H2,1-3H3. The topological polar surface area (TPSA) is 40.6 Å². The average Bonchev–Trinajstić information content (AvgIpc) is 2.47. The van der Waals surface area contributed by atoms with E-state index in [1.807, 2.05) is 25.7 Å². The normalized spacial score (nSPS) is 16.6. The minimum atomic E-state index is -0.346. The molecule has 1 fully saturated rings. The third-order valence-electron chi connectivity index (χ3n) is 3.83. The van der Waals surface area contributed by atoms with E-state index in [0.717, 1.165) is 13.1 Å². The van der Waals surface area contributed by atoms with E-state index >= 15 is 0 Å². The zero-order valence-corrected chi connectivity index (χ0v) is 14.2. The summed E-state index contributed by atoms with van der Waals surface area (Å²) >= 11 is 5.83. The molecule has 0 bridgehead atoms. The first-order valence-corrected chi connectivity index (χ1v) is 7.95. The molecular weight excluding hydrogens is 300 g/mol. The number of ketones is 1. The van der Waals surface area contributed by atoms with Crippen LogP contribution >= 0.6 is 11.6 Å². The Bertz CT molecular complexity index is 541. The second kappa shape index (κ2) is 6.80. The molecule has 5 heteroatoms. The largest absolute Gasteiger partial charge is 0.340 e. The molecule has 0 saturated carbocycles. The number of rotatable bonds is 3. The second-order valence-corrected chi connectivity index (χ2v) is 7.18. The van der Waals surface area contributed by atoms with Crippen LogP contribution in [0.15, 0.2) is 24.3 Å². The van der Waals surface area contributed by atoms with E-state index in [1.165, 1.54) is 0 Å². The summed E-state index contributed by atoms with van der Waals surface area (Å²) in [4.78, 5) is 28.5. The summed E-state index contributed by atoms with van der Waals surface area (Å²) in [5, 5.41) is 0.630. The Kier molecular flexibility index (Phi) is 5.24. The van der Waals surface area contributed by atoms with Crippen molar-refractivity contribution >= 4 is 23.3 Å². The maximum atomic E-state index is 12.2. The van der Waals surface area contributed by atoms with Crippen molar-refractivity contribution in [3.63, 3.8) is 0 Å². The SMILES string of the molecule is CC(C)(C)C(=O)N1CCN(CC(=O)c2ccc(Cl)cc2)CC1. The Hall–Kier alpha value is -1.39. The molecule has 1 aromatic rings. The van der Waals surface area contributed by atoms with E-state index in [9.17, 15) is 9.59 Å². The van der Waals surface area contributed by atoms with Gasteiger partial charge in [0.05, 0.1) is 6.54 Å². The third kappa shape index (κ3) is 4.31. The molecule has 0 aromatic heterocycles. The maximum absolute atomic E-state index is 12.2. The molecule has 1 heterocycles. The number of halogens is 1. The third-order valence-corrected chi connectivity index (χ3v) is 4.09. The van der Waals surface area contributed by atoms with Crippen molar-refractivity contribution in [2.75, 3.05) is 32.7 Å². The van der Waals surface area contributed by atoms with E-state index in [0.29, 0.717) is 30.2 Å². The molecule has 1 aromatic carbocycles. The number of hydrogen-bond acceptors (Lipinski definition) is 3. The number of carbonyl (C=O) groups is 2. The minimum Gasteiger partial charge on any atom is -0.340 e. The summed E-state index contributed by atoms with van der Waals surface area (Å²) in [5.41, 5.74) is 0.332. The molecule has 0 aliphatic carbocycles. The van der Waals surface area contributed by atoms with E-state index < -0.39 is 0 Å². The molecule has 0 unspecified atom stereocenters. The highest BCUT2D eigenvalue weighted by Gasteiger charge is 2.30. The Balaban J connectivity index is 1.86. The quantitative estimate of drug-likeness (QED) is 0.803. The van der Waals surface area contributed by atoms with Crippen LogP contribution < -0.4 is 0 Å². The lowest BCUT2D eigenvalue weighted by molar-refractivity contribution is -0.141. The van der Waals surface area contributed by atoms with Crippen molar-refractivity contribution in [3.8, 4) is 0 Å². The van der Waals surface area contributed by atoms with Crippen LogP contribution in [-0.2, 0) is 4.79 Å². The van der Waals surface area contributed by atoms with Gasteiger partial charge in [0.25, 0.3) is 0 Å². The van der Waals surface area contributed by atoms with Gasteiger partial charge in [-0.05, 0) is 24.3 Å². The summed E-state index contributed by atoms with van der Waals surface area (Å²) < 4.78 is 0. The van der Waals surface area contributed by atoms with Crippen molar-refractivity contribution < 1.29 is 9.59 Å². The van der Waals surface area contributed by atoms with Gasteiger partial charge < -0.3 is 4.90 Å². The highest BCUT2D eigenvalue weighted by atomic mass is 35.5. The van der Waals surface area contributed by atoms with Crippen molar-refractivity contribution in [3.05, 3.63) is 34.9 Å². The van der Waals surface area contributed by atoms with E-state index in [1.54, 1.807) is 24.3 Å². The molecule has 1 aliphatic heterocycles. The molecule has 2 rings (SSSR count). The van der Waals surface area contributed by atoms with Crippen LogP contribution in [0.2, 0.25) is 5.02 Å². The lowest BCUT2D eigenvalue weighted by Crippen LogP contribution is -2.52. The van der Waals surface area contributed by atoms with Crippen molar-refractivity contribution in [2.24, 2.45) is 5.41 Å². The zero-order chi connectivity index (χ0) is 16.3. The average molecular weight is 323 g/mol. The van der Waals surface area contributed by atoms with Gasteiger partial charge in [0.15, 0.2) is 5.78 Å². The maximum Gasteiger partial charge on any atom is 0.228 e. The Morgan fingerprint density at radius 1 is 1.05 bits per heavy atom. The van der Waals surface area contributed by atoms with Crippen LogP contribution in [0.3, 0.4) is 0 Å². The fourth-order valence-corrected chi connectivity index (χ4v) is 2.64. The van der Waals surface area contributed by atoms with Crippen LogP contribution in [-0.4, -0.2) is 54.2 Å². The molecule has 1 amide bonds. The number of amides is 1. The van der Waals surface area contributed by atoms with Gasteiger partial charge in [-0.2, -0.15) is 0 Å². The summed E-state index contributed by atoms with van der Waals surface area (Å²) in [7, 11) is 0. The van der Waals surface area contributed by atoms with Gasteiger partial charge in [-0.1, -0.05) is 32.4 Å². The molecular formula is C17H23ClN2O2. The number of benzene rings is 1. The number of piperazine rings is 1. The van der Waals surface area contributed by atoms with E-state index in [-0.39, 0.29) is 17.1 Å². The van der Waals surface area contributed by atoms with Gasteiger partial charge in [-0.15, -0.1) is 0 Å². The number of nitrogens with zero attached hydrogens (tertiary/aromatic N) is 2. The first-order valence-electron chi connectivity index (χ1n) is 7.58. The Morgan fingerprint density at radius 3 is 2.09 bits per heavy atom. The lowest BCUT2D eigenvalue weighted by atomic mass is 9.94. The predicted octanol–water partition coefficient (Wildman–Crippen LogP) is 2.71. The van der Waals surface area contributed by atoms with Gasteiger partial charge in [-0.25, -0.2) is 0 Å². The molecule has 0 spiro atoms. The molecule has 0 radical (unpaired) electrons. The lowest BCUT2D eigenvalue weighted by Gasteiger charge is -2.37. The molecule has 120 valence electrons. The molecule has 1 saturated heterocycles. The van der Waals surface area contributed by atoms with Gasteiger partial charge in [0, 0.05) is 42.2 Å². The Labute approximate surface area is 137 Å². The summed E-state index contributed by atoms with van der Waals surface area (Å²) in [5.74, 6) is 0.267. The smallest absolute Gasteiger partial charge is 0.228 e. The zero-order valence-electron chi connectivity index (χ0n) is 13.4. The van der Waals surface area contributed by atoms with E-state index in [4.69, 9.17) is 11.6 Å². The van der Waals surface area contributed by atoms with Crippen LogP contribution in [0.25, 0.3) is 0 Å². The van der Waals surface area contributed by atoms with Gasteiger partial charge >= 0.3 is 0 Å². The van der Waals surface area contributed by atoms with Crippen molar-refractivity contribution in [1.29, 1.82) is 0 Å². The molecule has 4 nitrogen and oxygen atoms in total. The first kappa shape index (κ1) is 17.0. The van der Waals surface area contributed by atoms with Crippen LogP contribution in [0.1, 0.15) is 31.1 Å². The molecule has 0 atom stereocenters. The molecule has 22 heavy (non-hydrogen) atoms. The van der Waals surface area contributed by atoms with Gasteiger partial charge in [-0.3, -0.25) is 14.5 Å². The summed E-state index contributed by atoms with van der Waals surface area (Å²) in [6.45, 7) is 9.04. The number of hydrogen-bond donors (Lipinski definition) is 0. The number of carbonyl (C=O) groups excluding carboxylic acids is 2. The van der Waals surface area contributed by atoms with Crippen molar-refractivity contribution in [2.45, 2.75) is 20.8 Å². The number of Topliss-reactive ketones (excluding diaryl/α,β-unsaturated/α-hetero) is 1. The molecule has 0 N–H and O–H groups in total. The van der Waals surface area contributed by atoms with Gasteiger partial charge in [0.1, 0.15) is 0 Å². The van der Waals surface area contributed by atoms with Crippen LogP contribution in [0.5, 0.6) is 0 Å². The Morgan fingerprint density at radius 2 is 1.59 bits per heavy atom. The monoisotopic (exact) mass is 322 g/mol. The van der Waals surface area contributed by atoms with Crippen LogP contribution in [0, 0.1) is 5.41 Å². The molecule has 1 aliphatic rings. The summed E-state index contributed by atoms with van der Waals surface area (Å²) in [6, 6.07) is 6.97. The van der Waals surface area contributed by atoms with E-state index in [2.05, 4.69) is 4.90 Å². The fraction of sp³-hybridized carbons (Fsp3) is 0.529. The van der Waals surface area contributed by atoms with Crippen LogP contribution in [0.4, 0.5) is 0 Å². The fourth-order valence-electron chi connectivity index (χ4n) is 2.51. The second-order valence-electron chi connectivity index (χ2n) is 6.75. The van der Waals surface area contributed by atoms with Gasteiger partial charge in [0.2, 0.25) is 5.91 Å². The summed E-state index contributed by atoms with van der Waals surface area (Å²) in [6.07, 6.45) is 0. The highest BCUT2D eigenvalue weighted by Crippen LogP contribution is 2.19. The predicted molar refractivity (Wildman–Crippen MR) is 88.3 cm³/mol. The van der Waals surface area contributed by atoms with Crippen molar-refractivity contribution in [1.82, 2.24) is 9.80 Å². The first-order chi connectivity index (χ1) is 10.3. The highest BCUT2D eigenvalue weighted by molar-refractivity contribution is 6.30.